The SMILES string of the molecule is CNC(Cc1c(C)cc(C)cc1C)c1cnccn1. The summed E-state index contributed by atoms with van der Waals surface area (Å²) in [6.45, 7) is 6.50. The van der Waals surface area contributed by atoms with Crippen molar-refractivity contribution in [2.24, 2.45) is 0 Å². The Morgan fingerprint density at radius 2 is 1.79 bits per heavy atom. The van der Waals surface area contributed by atoms with E-state index in [1.807, 2.05) is 13.2 Å². The van der Waals surface area contributed by atoms with Gasteiger partial charge in [0.1, 0.15) is 0 Å². The molecule has 1 unspecified atom stereocenters. The number of benzene rings is 1. The van der Waals surface area contributed by atoms with Gasteiger partial charge in [-0.1, -0.05) is 17.7 Å². The average Bonchev–Trinajstić information content (AvgIpc) is 2.39. The second-order valence-electron chi connectivity index (χ2n) is 5.05. The second kappa shape index (κ2) is 5.93. The molecule has 0 saturated heterocycles. The van der Waals surface area contributed by atoms with Crippen molar-refractivity contribution < 1.29 is 0 Å². The number of nitrogens with zero attached hydrogens (tertiary/aromatic N) is 2. The Hall–Kier alpha value is -1.74. The van der Waals surface area contributed by atoms with E-state index in [0.29, 0.717) is 0 Å². The van der Waals surface area contributed by atoms with Crippen LogP contribution in [0, 0.1) is 20.8 Å². The number of nitrogens with one attached hydrogen (secondary N) is 1. The van der Waals surface area contributed by atoms with Crippen molar-refractivity contribution in [2.75, 3.05) is 7.05 Å². The Balaban J connectivity index is 2.29. The summed E-state index contributed by atoms with van der Waals surface area (Å²) in [7, 11) is 1.97. The van der Waals surface area contributed by atoms with Gasteiger partial charge < -0.3 is 5.32 Å². The highest BCUT2D eigenvalue weighted by molar-refractivity contribution is 5.38. The molecule has 2 aromatic rings. The Morgan fingerprint density at radius 1 is 1.11 bits per heavy atom. The van der Waals surface area contributed by atoms with Crippen LogP contribution in [0.4, 0.5) is 0 Å². The second-order valence-corrected chi connectivity index (χ2v) is 5.05. The first-order valence-electron chi connectivity index (χ1n) is 6.61. The summed E-state index contributed by atoms with van der Waals surface area (Å²) in [5, 5.41) is 3.33. The maximum atomic E-state index is 4.40. The van der Waals surface area contributed by atoms with Gasteiger partial charge in [-0.25, -0.2) is 0 Å². The van der Waals surface area contributed by atoms with Crippen molar-refractivity contribution in [3.05, 3.63) is 58.7 Å². The van der Waals surface area contributed by atoms with E-state index in [0.717, 1.165) is 12.1 Å². The van der Waals surface area contributed by atoms with Crippen LogP contribution in [-0.2, 0) is 6.42 Å². The van der Waals surface area contributed by atoms with Crippen molar-refractivity contribution in [2.45, 2.75) is 33.2 Å². The van der Waals surface area contributed by atoms with Gasteiger partial charge in [-0.3, -0.25) is 9.97 Å². The number of hydrogen-bond donors (Lipinski definition) is 1. The molecule has 0 bridgehead atoms. The molecular formula is C16H21N3. The summed E-state index contributed by atoms with van der Waals surface area (Å²) in [6, 6.07) is 4.69. The molecule has 2 rings (SSSR count). The molecular weight excluding hydrogens is 234 g/mol. The van der Waals surface area contributed by atoms with Gasteiger partial charge in [0.15, 0.2) is 0 Å². The molecule has 1 N–H and O–H groups in total. The van der Waals surface area contributed by atoms with Crippen molar-refractivity contribution in [1.29, 1.82) is 0 Å². The predicted molar refractivity (Wildman–Crippen MR) is 78.2 cm³/mol. The highest BCUT2D eigenvalue weighted by Gasteiger charge is 2.14. The highest BCUT2D eigenvalue weighted by Crippen LogP contribution is 2.22. The zero-order valence-electron chi connectivity index (χ0n) is 12.1. The zero-order valence-corrected chi connectivity index (χ0v) is 12.1. The Labute approximate surface area is 115 Å². The van der Waals surface area contributed by atoms with Crippen LogP contribution in [-0.4, -0.2) is 17.0 Å². The molecule has 0 saturated carbocycles. The smallest absolute Gasteiger partial charge is 0.0759 e. The van der Waals surface area contributed by atoms with Gasteiger partial charge in [-0.2, -0.15) is 0 Å². The number of rotatable bonds is 4. The molecule has 0 amide bonds. The van der Waals surface area contributed by atoms with E-state index in [-0.39, 0.29) is 6.04 Å². The fraction of sp³-hybridized carbons (Fsp3) is 0.375. The minimum atomic E-state index is 0.203. The first kappa shape index (κ1) is 13.7. The van der Waals surface area contributed by atoms with Crippen molar-refractivity contribution >= 4 is 0 Å². The number of aromatic nitrogens is 2. The fourth-order valence-electron chi connectivity index (χ4n) is 2.58. The van der Waals surface area contributed by atoms with Gasteiger partial charge in [0.2, 0.25) is 0 Å². The van der Waals surface area contributed by atoms with Crippen molar-refractivity contribution in [3.8, 4) is 0 Å². The van der Waals surface area contributed by atoms with Gasteiger partial charge in [0.25, 0.3) is 0 Å². The highest BCUT2D eigenvalue weighted by atomic mass is 14.9. The summed E-state index contributed by atoms with van der Waals surface area (Å²) < 4.78 is 0. The van der Waals surface area contributed by atoms with Crippen molar-refractivity contribution in [3.63, 3.8) is 0 Å². The lowest BCUT2D eigenvalue weighted by atomic mass is 9.93. The summed E-state index contributed by atoms with van der Waals surface area (Å²) in [6.07, 6.45) is 6.22. The monoisotopic (exact) mass is 255 g/mol. The molecule has 0 spiro atoms. The Bertz CT molecular complexity index is 526. The van der Waals surface area contributed by atoms with E-state index < -0.39 is 0 Å². The summed E-state index contributed by atoms with van der Waals surface area (Å²) in [5.41, 5.74) is 6.41. The van der Waals surface area contributed by atoms with Crippen molar-refractivity contribution in [1.82, 2.24) is 15.3 Å². The van der Waals surface area contributed by atoms with Crippen LogP contribution < -0.4 is 5.32 Å². The maximum absolute atomic E-state index is 4.40. The molecule has 3 nitrogen and oxygen atoms in total. The fourth-order valence-corrected chi connectivity index (χ4v) is 2.58. The standard InChI is InChI=1S/C16H21N3/c1-11-7-12(2)14(13(3)8-11)9-15(17-4)16-10-18-5-6-19-16/h5-8,10,15,17H,9H2,1-4H3. The van der Waals surface area contributed by atoms with E-state index >= 15 is 0 Å². The molecule has 0 aliphatic rings. The van der Waals surface area contributed by atoms with Gasteiger partial charge in [0, 0.05) is 18.6 Å². The molecule has 0 aliphatic carbocycles. The Morgan fingerprint density at radius 3 is 2.32 bits per heavy atom. The van der Waals surface area contributed by atoms with Gasteiger partial charge in [0.05, 0.1) is 11.7 Å². The van der Waals surface area contributed by atoms with E-state index in [1.54, 1.807) is 12.4 Å². The molecule has 19 heavy (non-hydrogen) atoms. The van der Waals surface area contributed by atoms with E-state index in [4.69, 9.17) is 0 Å². The van der Waals surface area contributed by atoms with Crippen LogP contribution >= 0.6 is 0 Å². The topological polar surface area (TPSA) is 37.8 Å². The lowest BCUT2D eigenvalue weighted by Crippen LogP contribution is -2.21. The third-order valence-electron chi connectivity index (χ3n) is 3.54. The van der Waals surface area contributed by atoms with Crippen LogP contribution in [0.15, 0.2) is 30.7 Å². The molecule has 1 atom stereocenters. The molecule has 1 aromatic heterocycles. The number of hydrogen-bond acceptors (Lipinski definition) is 3. The van der Waals surface area contributed by atoms with Gasteiger partial charge >= 0.3 is 0 Å². The molecule has 1 heterocycles. The predicted octanol–water partition coefficient (Wildman–Crippen LogP) is 2.91. The van der Waals surface area contributed by atoms with E-state index in [9.17, 15) is 0 Å². The molecule has 0 fully saturated rings. The van der Waals surface area contributed by atoms with Crippen LogP contribution in [0.5, 0.6) is 0 Å². The molecule has 0 radical (unpaired) electrons. The number of aryl methyl sites for hydroxylation is 3. The quantitative estimate of drug-likeness (QED) is 0.913. The molecule has 0 aliphatic heterocycles. The first-order valence-corrected chi connectivity index (χ1v) is 6.61. The number of likely N-dealkylation sites (N-methyl/N-ethyl adjacent to an activating group) is 1. The lowest BCUT2D eigenvalue weighted by molar-refractivity contribution is 0.570. The first-order chi connectivity index (χ1) is 9.11. The van der Waals surface area contributed by atoms with Crippen LogP contribution in [0.2, 0.25) is 0 Å². The van der Waals surface area contributed by atoms with Crippen LogP contribution in [0.25, 0.3) is 0 Å². The lowest BCUT2D eigenvalue weighted by Gasteiger charge is -2.19. The van der Waals surface area contributed by atoms with Gasteiger partial charge in [-0.05, 0) is 50.9 Å². The normalized spacial score (nSPS) is 12.4. The molecule has 100 valence electrons. The third kappa shape index (κ3) is 3.18. The van der Waals surface area contributed by atoms with Crippen LogP contribution in [0.3, 0.4) is 0 Å². The summed E-state index contributed by atoms with van der Waals surface area (Å²) in [5.74, 6) is 0. The zero-order chi connectivity index (χ0) is 13.8. The van der Waals surface area contributed by atoms with E-state index in [2.05, 4.69) is 48.2 Å². The average molecular weight is 255 g/mol. The van der Waals surface area contributed by atoms with Gasteiger partial charge in [-0.15, -0.1) is 0 Å². The minimum Gasteiger partial charge on any atom is -0.311 e. The molecule has 3 heteroatoms. The molecule has 1 aromatic carbocycles. The van der Waals surface area contributed by atoms with Crippen LogP contribution in [0.1, 0.15) is 34.0 Å². The third-order valence-corrected chi connectivity index (χ3v) is 3.54. The Kier molecular flexibility index (Phi) is 4.27. The minimum absolute atomic E-state index is 0.203. The largest absolute Gasteiger partial charge is 0.311 e. The summed E-state index contributed by atoms with van der Waals surface area (Å²) in [4.78, 5) is 8.55. The van der Waals surface area contributed by atoms with E-state index in [1.165, 1.54) is 22.3 Å². The summed E-state index contributed by atoms with van der Waals surface area (Å²) >= 11 is 0. The maximum Gasteiger partial charge on any atom is 0.0759 e.